The molecular formula is C27H27F3N2O4. The fraction of sp³-hybridized carbons (Fsp3) is 0.370. The van der Waals surface area contributed by atoms with Gasteiger partial charge in [0.2, 0.25) is 5.91 Å². The van der Waals surface area contributed by atoms with Crippen LogP contribution < -0.4 is 10.5 Å². The number of halogens is 3. The van der Waals surface area contributed by atoms with Gasteiger partial charge in [0.15, 0.2) is 11.5 Å². The second-order valence-corrected chi connectivity index (χ2v) is 9.79. The van der Waals surface area contributed by atoms with Gasteiger partial charge >= 0.3 is 6.18 Å². The molecule has 0 radical (unpaired) electrons. The van der Waals surface area contributed by atoms with Crippen molar-refractivity contribution in [1.82, 2.24) is 4.90 Å². The van der Waals surface area contributed by atoms with Crippen molar-refractivity contribution >= 4 is 12.0 Å². The molecular weight excluding hydrogens is 473 g/mol. The summed E-state index contributed by atoms with van der Waals surface area (Å²) >= 11 is 0. The number of rotatable bonds is 2. The van der Waals surface area contributed by atoms with E-state index in [0.717, 1.165) is 37.6 Å². The number of primary amides is 1. The second kappa shape index (κ2) is 8.67. The van der Waals surface area contributed by atoms with E-state index in [1.807, 2.05) is 12.1 Å². The third kappa shape index (κ3) is 3.87. The Kier molecular flexibility index (Phi) is 5.88. The monoisotopic (exact) mass is 500 g/mol. The molecule has 6 rings (SSSR count). The van der Waals surface area contributed by atoms with E-state index < -0.39 is 23.8 Å². The topological polar surface area (TPSA) is 96.0 Å². The van der Waals surface area contributed by atoms with E-state index in [9.17, 15) is 28.2 Å². The van der Waals surface area contributed by atoms with Gasteiger partial charge in [0.25, 0.3) is 0 Å². The van der Waals surface area contributed by atoms with Gasteiger partial charge in [0, 0.05) is 29.0 Å². The smallest absolute Gasteiger partial charge is 0.416 e. The first-order chi connectivity index (χ1) is 17.0. The maximum absolute atomic E-state index is 12.1. The number of likely N-dealkylation sites (tertiary alicyclic amines) is 1. The summed E-state index contributed by atoms with van der Waals surface area (Å²) in [5, 5.41) is 20.6. The van der Waals surface area contributed by atoms with E-state index in [2.05, 4.69) is 18.0 Å². The van der Waals surface area contributed by atoms with Crippen LogP contribution in [0.1, 0.15) is 28.7 Å². The summed E-state index contributed by atoms with van der Waals surface area (Å²) in [6.07, 6.45) is 3.27. The molecule has 2 aliphatic carbocycles. The average molecular weight is 501 g/mol. The lowest BCUT2D eigenvalue weighted by Crippen LogP contribution is -2.64. The molecule has 2 bridgehead atoms. The van der Waals surface area contributed by atoms with Gasteiger partial charge in [-0.2, -0.15) is 13.2 Å². The zero-order valence-electron chi connectivity index (χ0n) is 19.6. The van der Waals surface area contributed by atoms with Gasteiger partial charge in [-0.25, -0.2) is 0 Å². The molecule has 2 aromatic rings. The first-order valence-electron chi connectivity index (χ1n) is 11.8. The van der Waals surface area contributed by atoms with Crippen molar-refractivity contribution < 1.29 is 32.9 Å². The number of benzene rings is 2. The minimum absolute atomic E-state index is 0.160. The highest BCUT2D eigenvalue weighted by Crippen LogP contribution is 2.62. The first-order valence-corrected chi connectivity index (χ1v) is 11.8. The number of aromatic hydroxyl groups is 1. The van der Waals surface area contributed by atoms with Crippen LogP contribution in [0.15, 0.2) is 54.6 Å². The molecule has 0 aromatic heterocycles. The normalized spacial score (nSPS) is 29.8. The number of hydrogen-bond donors (Lipinski definition) is 3. The van der Waals surface area contributed by atoms with Crippen molar-refractivity contribution in [3.05, 3.63) is 76.9 Å². The number of amides is 1. The Labute approximate surface area is 206 Å². The number of phenols is 1. The van der Waals surface area contributed by atoms with E-state index in [0.29, 0.717) is 23.3 Å². The minimum atomic E-state index is -4.34. The molecule has 6 nitrogen and oxygen atoms in total. The molecule has 9 heteroatoms. The Balaban J connectivity index is 0.000000159. The molecule has 2 aromatic carbocycles. The van der Waals surface area contributed by atoms with E-state index >= 15 is 0 Å². The number of aliphatic hydroxyl groups is 1. The molecule has 4 N–H and O–H groups in total. The summed E-state index contributed by atoms with van der Waals surface area (Å²) in [7, 11) is 2.19. The van der Waals surface area contributed by atoms with Crippen molar-refractivity contribution in [3.63, 3.8) is 0 Å². The molecule has 0 unspecified atom stereocenters. The summed E-state index contributed by atoms with van der Waals surface area (Å²) < 4.78 is 42.5. The highest BCUT2D eigenvalue weighted by Gasteiger charge is 2.64. The Bertz CT molecular complexity index is 1240. The van der Waals surface area contributed by atoms with Gasteiger partial charge in [-0.15, -0.1) is 0 Å². The number of carbonyl (C=O) groups excluding carboxylic acids is 1. The van der Waals surface area contributed by atoms with Crippen molar-refractivity contribution in [1.29, 1.82) is 0 Å². The Morgan fingerprint density at radius 1 is 1.19 bits per heavy atom. The maximum Gasteiger partial charge on any atom is 0.416 e. The van der Waals surface area contributed by atoms with Crippen LogP contribution >= 0.6 is 0 Å². The summed E-state index contributed by atoms with van der Waals surface area (Å²) in [6, 6.07) is 8.65. The summed E-state index contributed by atoms with van der Waals surface area (Å²) in [5.41, 5.74) is 6.89. The van der Waals surface area contributed by atoms with E-state index in [-0.39, 0.29) is 17.3 Å². The maximum atomic E-state index is 12.1. The summed E-state index contributed by atoms with van der Waals surface area (Å²) in [5.74, 6) is 0.546. The van der Waals surface area contributed by atoms with Gasteiger partial charge in [-0.05, 0) is 61.8 Å². The predicted molar refractivity (Wildman–Crippen MR) is 127 cm³/mol. The van der Waals surface area contributed by atoms with Crippen molar-refractivity contribution in [2.75, 3.05) is 13.6 Å². The molecule has 1 saturated heterocycles. The van der Waals surface area contributed by atoms with Crippen LogP contribution in [-0.4, -0.2) is 52.9 Å². The van der Waals surface area contributed by atoms with Crippen LogP contribution in [0, 0.1) is 5.92 Å². The quantitative estimate of drug-likeness (QED) is 0.434. The lowest BCUT2D eigenvalue weighted by Gasteiger charge is -2.56. The molecule has 5 atom stereocenters. The first kappa shape index (κ1) is 24.4. The number of carbonyl (C=O) groups is 1. The van der Waals surface area contributed by atoms with Gasteiger partial charge in [-0.3, -0.25) is 4.79 Å². The van der Waals surface area contributed by atoms with Crippen LogP contribution in [0.4, 0.5) is 13.2 Å². The molecule has 1 amide bonds. The van der Waals surface area contributed by atoms with Crippen molar-refractivity contribution in [3.8, 4) is 11.5 Å². The highest BCUT2D eigenvalue weighted by molar-refractivity contribution is 5.90. The van der Waals surface area contributed by atoms with Crippen LogP contribution in [0.3, 0.4) is 0 Å². The van der Waals surface area contributed by atoms with Crippen molar-refractivity contribution in [2.24, 2.45) is 11.7 Å². The molecule has 36 heavy (non-hydrogen) atoms. The SMILES string of the molecule is CN1CC[C@]23c4c5ccc(O)c4O[C@H]2[C@@H](O)C=C[C@H]3[C@H]1C5.NC(=O)C=Cc1ccc(C(F)(F)F)cc1. The fourth-order valence-corrected chi connectivity index (χ4v) is 6.20. The number of alkyl halides is 3. The third-order valence-corrected chi connectivity index (χ3v) is 7.83. The van der Waals surface area contributed by atoms with E-state index in [1.165, 1.54) is 29.3 Å². The van der Waals surface area contributed by atoms with E-state index in [1.54, 1.807) is 6.07 Å². The second-order valence-electron chi connectivity index (χ2n) is 9.79. The Hall–Kier alpha value is -3.30. The largest absolute Gasteiger partial charge is 0.504 e. The molecule has 190 valence electrons. The number of hydrogen-bond acceptors (Lipinski definition) is 5. The standard InChI is InChI=1S/C17H19NO3.C10H8F3NO/c1-18-7-6-17-10-3-5-13(20)16(17)21-15-12(19)4-2-9(14(15)17)8-11(10)18;11-10(12,13)8-4-1-7(2-5-8)3-6-9(14)15/h2-5,10-11,13,16,19-20H,6-8H2,1H3;1-6H,(H2,14,15)/t10-,11+,13-,16-,17-;/m0./s1. The number of ether oxygens (including phenoxy) is 1. The molecule has 0 saturated carbocycles. The van der Waals surface area contributed by atoms with Gasteiger partial charge < -0.3 is 25.6 Å². The van der Waals surface area contributed by atoms with Crippen molar-refractivity contribution in [2.45, 2.75) is 42.7 Å². The molecule has 2 heterocycles. The molecule has 1 spiro atoms. The number of likely N-dealkylation sites (N-methyl/N-ethyl adjacent to an activating group) is 1. The van der Waals surface area contributed by atoms with E-state index in [4.69, 9.17) is 10.5 Å². The Morgan fingerprint density at radius 3 is 2.58 bits per heavy atom. The molecule has 2 aliphatic heterocycles. The van der Waals surface area contributed by atoms with Crippen LogP contribution in [0.25, 0.3) is 6.08 Å². The highest BCUT2D eigenvalue weighted by atomic mass is 19.4. The Morgan fingerprint density at radius 2 is 1.92 bits per heavy atom. The molecule has 1 fully saturated rings. The van der Waals surface area contributed by atoms with Crippen LogP contribution in [0.5, 0.6) is 11.5 Å². The predicted octanol–water partition coefficient (Wildman–Crippen LogP) is 3.40. The number of nitrogens with zero attached hydrogens (tertiary/aromatic N) is 1. The average Bonchev–Trinajstić information content (AvgIpc) is 3.19. The summed E-state index contributed by atoms with van der Waals surface area (Å²) in [4.78, 5) is 12.8. The van der Waals surface area contributed by atoms with Gasteiger partial charge in [0.05, 0.1) is 5.56 Å². The fourth-order valence-electron chi connectivity index (χ4n) is 6.20. The van der Waals surface area contributed by atoms with Gasteiger partial charge in [0.1, 0.15) is 12.2 Å². The zero-order valence-corrected chi connectivity index (χ0v) is 19.6. The lowest BCUT2D eigenvalue weighted by atomic mass is 9.53. The lowest BCUT2D eigenvalue weighted by molar-refractivity contribution is -0.137. The van der Waals surface area contributed by atoms with Crippen LogP contribution in [-0.2, 0) is 22.8 Å². The zero-order chi connectivity index (χ0) is 25.8. The van der Waals surface area contributed by atoms with Crippen LogP contribution in [0.2, 0.25) is 0 Å². The van der Waals surface area contributed by atoms with Gasteiger partial charge in [-0.1, -0.05) is 30.4 Å². The third-order valence-electron chi connectivity index (χ3n) is 7.83. The molecule has 4 aliphatic rings. The number of nitrogens with two attached hydrogens (primary N) is 1. The number of aliphatic hydroxyl groups excluding tert-OH is 1. The summed E-state index contributed by atoms with van der Waals surface area (Å²) in [6.45, 7) is 1.01. The minimum Gasteiger partial charge on any atom is -0.504 e. The number of phenolic OH excluding ortho intramolecular Hbond substituents is 1. The number of piperidine rings is 1.